The summed E-state index contributed by atoms with van der Waals surface area (Å²) in [6.45, 7) is 5.39. The van der Waals surface area contributed by atoms with Crippen molar-refractivity contribution in [3.8, 4) is 0 Å². The molecular formula is C17H18FNO3. The lowest BCUT2D eigenvalue weighted by Crippen LogP contribution is -2.21. The average Bonchev–Trinajstić information content (AvgIpc) is 3.30. The highest BCUT2D eigenvalue weighted by atomic mass is 19.1. The predicted molar refractivity (Wildman–Crippen MR) is 81.9 cm³/mol. The molecule has 22 heavy (non-hydrogen) atoms. The molecule has 0 saturated heterocycles. The minimum absolute atomic E-state index is 0.0242. The number of hydrogen-bond acceptors (Lipinski definition) is 3. The number of aryl methyl sites for hydroxylation is 1. The summed E-state index contributed by atoms with van der Waals surface area (Å²) in [4.78, 5) is 24.6. The van der Waals surface area contributed by atoms with E-state index in [1.165, 1.54) is 6.07 Å². The molecule has 0 spiro atoms. The Labute approximate surface area is 127 Å². The second-order valence-electron chi connectivity index (χ2n) is 5.74. The van der Waals surface area contributed by atoms with E-state index in [0.717, 1.165) is 23.9 Å². The standard InChI is InChI=1S/C17H18FNO3/c1-4-22-17(21)13-8-19(11-5-6-11)15-10(3)9(2)14(18)7-12(15)16(13)20/h7-8,11H,4-6H2,1-3H3. The minimum Gasteiger partial charge on any atom is -0.462 e. The van der Waals surface area contributed by atoms with Crippen LogP contribution in [-0.4, -0.2) is 17.1 Å². The van der Waals surface area contributed by atoms with Gasteiger partial charge in [0.05, 0.1) is 12.1 Å². The van der Waals surface area contributed by atoms with Crippen molar-refractivity contribution in [3.05, 3.63) is 45.0 Å². The van der Waals surface area contributed by atoms with Crippen LogP contribution >= 0.6 is 0 Å². The van der Waals surface area contributed by atoms with E-state index in [-0.39, 0.29) is 23.6 Å². The molecule has 1 aliphatic rings. The molecule has 1 saturated carbocycles. The molecule has 1 aromatic carbocycles. The third-order valence-corrected chi connectivity index (χ3v) is 4.25. The van der Waals surface area contributed by atoms with Crippen LogP contribution in [0.5, 0.6) is 0 Å². The van der Waals surface area contributed by atoms with Gasteiger partial charge in [-0.2, -0.15) is 0 Å². The topological polar surface area (TPSA) is 48.3 Å². The molecular weight excluding hydrogens is 285 g/mol. The number of benzene rings is 1. The SMILES string of the molecule is CCOC(=O)c1cn(C2CC2)c2c(C)c(C)c(F)cc2c1=O. The molecule has 1 heterocycles. The predicted octanol–water partition coefficient (Wildman–Crippen LogP) is 3.27. The molecule has 1 aliphatic carbocycles. The number of aromatic nitrogens is 1. The van der Waals surface area contributed by atoms with E-state index in [2.05, 4.69) is 0 Å². The zero-order valence-corrected chi connectivity index (χ0v) is 12.9. The second kappa shape index (κ2) is 5.23. The summed E-state index contributed by atoms with van der Waals surface area (Å²) in [6, 6.07) is 1.50. The highest BCUT2D eigenvalue weighted by Crippen LogP contribution is 2.38. The third-order valence-electron chi connectivity index (χ3n) is 4.25. The van der Waals surface area contributed by atoms with Crippen molar-refractivity contribution in [2.75, 3.05) is 6.61 Å². The first-order valence-corrected chi connectivity index (χ1v) is 7.47. The van der Waals surface area contributed by atoms with Crippen molar-refractivity contribution in [1.29, 1.82) is 0 Å². The molecule has 0 amide bonds. The summed E-state index contributed by atoms with van der Waals surface area (Å²) in [5.41, 5.74) is 1.51. The third kappa shape index (κ3) is 2.21. The molecule has 3 rings (SSSR count). The van der Waals surface area contributed by atoms with Gasteiger partial charge in [0.1, 0.15) is 11.4 Å². The summed E-state index contributed by atoms with van der Waals surface area (Å²) >= 11 is 0. The first-order valence-electron chi connectivity index (χ1n) is 7.47. The monoisotopic (exact) mass is 303 g/mol. The van der Waals surface area contributed by atoms with Gasteiger partial charge in [-0.1, -0.05) is 0 Å². The van der Waals surface area contributed by atoms with Gasteiger partial charge in [-0.05, 0) is 50.8 Å². The van der Waals surface area contributed by atoms with Gasteiger partial charge in [0.2, 0.25) is 5.43 Å². The summed E-state index contributed by atoms with van der Waals surface area (Å²) in [7, 11) is 0. The lowest BCUT2D eigenvalue weighted by molar-refractivity contribution is 0.0524. The van der Waals surface area contributed by atoms with Crippen molar-refractivity contribution >= 4 is 16.9 Å². The fraction of sp³-hybridized carbons (Fsp3) is 0.412. The highest BCUT2D eigenvalue weighted by Gasteiger charge is 2.28. The number of fused-ring (bicyclic) bond motifs is 1. The molecule has 1 aromatic heterocycles. The number of carbonyl (C=O) groups is 1. The van der Waals surface area contributed by atoms with E-state index in [1.807, 2.05) is 11.5 Å². The maximum Gasteiger partial charge on any atom is 0.343 e. The fourth-order valence-electron chi connectivity index (χ4n) is 2.77. The first-order chi connectivity index (χ1) is 10.5. The lowest BCUT2D eigenvalue weighted by atomic mass is 10.0. The largest absolute Gasteiger partial charge is 0.462 e. The Kier molecular flexibility index (Phi) is 3.51. The fourth-order valence-corrected chi connectivity index (χ4v) is 2.77. The number of ether oxygens (including phenoxy) is 1. The number of pyridine rings is 1. The molecule has 0 bridgehead atoms. The molecule has 0 aliphatic heterocycles. The molecule has 0 atom stereocenters. The van der Waals surface area contributed by atoms with Crippen LogP contribution in [-0.2, 0) is 4.74 Å². The summed E-state index contributed by atoms with van der Waals surface area (Å²) in [5, 5.41) is 0.248. The van der Waals surface area contributed by atoms with E-state index in [4.69, 9.17) is 4.74 Å². The van der Waals surface area contributed by atoms with E-state index >= 15 is 0 Å². The van der Waals surface area contributed by atoms with Crippen LogP contribution in [0.25, 0.3) is 10.9 Å². The number of carbonyl (C=O) groups excluding carboxylic acids is 1. The quantitative estimate of drug-likeness (QED) is 0.818. The van der Waals surface area contributed by atoms with Crippen LogP contribution < -0.4 is 5.43 Å². The molecule has 4 nitrogen and oxygen atoms in total. The zero-order valence-electron chi connectivity index (χ0n) is 12.9. The molecule has 2 aromatic rings. The van der Waals surface area contributed by atoms with Crippen molar-refractivity contribution in [1.82, 2.24) is 4.57 Å². The molecule has 0 N–H and O–H groups in total. The van der Waals surface area contributed by atoms with Crippen LogP contribution in [0.4, 0.5) is 4.39 Å². The molecule has 5 heteroatoms. The molecule has 0 radical (unpaired) electrons. The number of nitrogens with zero attached hydrogens (tertiary/aromatic N) is 1. The van der Waals surface area contributed by atoms with Crippen molar-refractivity contribution in [2.45, 2.75) is 39.7 Å². The lowest BCUT2D eigenvalue weighted by Gasteiger charge is -2.16. The van der Waals surface area contributed by atoms with Crippen LogP contribution in [0.3, 0.4) is 0 Å². The smallest absolute Gasteiger partial charge is 0.343 e. The van der Waals surface area contributed by atoms with Crippen LogP contribution in [0.2, 0.25) is 0 Å². The van der Waals surface area contributed by atoms with Gasteiger partial charge in [-0.15, -0.1) is 0 Å². The maximum atomic E-state index is 14.1. The van der Waals surface area contributed by atoms with E-state index in [0.29, 0.717) is 5.56 Å². The van der Waals surface area contributed by atoms with Crippen LogP contribution in [0.1, 0.15) is 47.3 Å². The van der Waals surface area contributed by atoms with E-state index in [9.17, 15) is 14.0 Å². The van der Waals surface area contributed by atoms with Gasteiger partial charge < -0.3 is 9.30 Å². The molecule has 1 fully saturated rings. The van der Waals surface area contributed by atoms with Crippen LogP contribution in [0.15, 0.2) is 17.1 Å². The van der Waals surface area contributed by atoms with E-state index in [1.54, 1.807) is 20.0 Å². The van der Waals surface area contributed by atoms with Crippen molar-refractivity contribution in [2.24, 2.45) is 0 Å². The maximum absolute atomic E-state index is 14.1. The summed E-state index contributed by atoms with van der Waals surface area (Å²) in [6.07, 6.45) is 3.57. The van der Waals surface area contributed by atoms with Gasteiger partial charge in [-0.3, -0.25) is 4.79 Å². The number of rotatable bonds is 3. The Bertz CT molecular complexity index is 834. The van der Waals surface area contributed by atoms with Gasteiger partial charge in [0.15, 0.2) is 0 Å². The second-order valence-corrected chi connectivity index (χ2v) is 5.74. The van der Waals surface area contributed by atoms with Crippen molar-refractivity contribution < 1.29 is 13.9 Å². The first kappa shape index (κ1) is 14.8. The highest BCUT2D eigenvalue weighted by molar-refractivity contribution is 5.94. The number of esters is 1. The minimum atomic E-state index is -0.651. The van der Waals surface area contributed by atoms with Crippen molar-refractivity contribution in [3.63, 3.8) is 0 Å². The number of hydrogen-bond donors (Lipinski definition) is 0. The van der Waals surface area contributed by atoms with Gasteiger partial charge in [-0.25, -0.2) is 9.18 Å². The molecule has 0 unspecified atom stereocenters. The van der Waals surface area contributed by atoms with E-state index < -0.39 is 17.2 Å². The Morgan fingerprint density at radius 1 is 1.36 bits per heavy atom. The number of halogens is 1. The Balaban J connectivity index is 2.38. The molecule has 116 valence electrons. The zero-order chi connectivity index (χ0) is 16.0. The van der Waals surface area contributed by atoms with Gasteiger partial charge in [0, 0.05) is 17.6 Å². The van der Waals surface area contributed by atoms with Crippen LogP contribution in [0, 0.1) is 19.7 Å². The normalized spacial score (nSPS) is 14.4. The summed E-state index contributed by atoms with van der Waals surface area (Å²) < 4.78 is 20.9. The summed E-state index contributed by atoms with van der Waals surface area (Å²) in [5.74, 6) is -1.08. The Hall–Kier alpha value is -2.17. The average molecular weight is 303 g/mol. The van der Waals surface area contributed by atoms with Gasteiger partial charge in [0.25, 0.3) is 0 Å². The van der Waals surface area contributed by atoms with Gasteiger partial charge >= 0.3 is 5.97 Å². The Morgan fingerprint density at radius 3 is 2.64 bits per heavy atom. The Morgan fingerprint density at radius 2 is 2.05 bits per heavy atom.